The molecule has 0 radical (unpaired) electrons. The molecule has 2 aliphatic rings. The molecule has 9 heteroatoms. The number of carbonyl (C=O) groups excluding carboxylic acids is 2. The van der Waals surface area contributed by atoms with E-state index in [9.17, 15) is 9.59 Å². The van der Waals surface area contributed by atoms with Gasteiger partial charge in [-0.1, -0.05) is 34.1 Å². The summed E-state index contributed by atoms with van der Waals surface area (Å²) in [6.07, 6.45) is 2.29. The van der Waals surface area contributed by atoms with Crippen molar-refractivity contribution >= 4 is 55.3 Å². The van der Waals surface area contributed by atoms with Crippen LogP contribution in [0.3, 0.4) is 0 Å². The molecule has 6 rings (SSSR count). The van der Waals surface area contributed by atoms with Crippen LogP contribution in [0.25, 0.3) is 21.9 Å². The van der Waals surface area contributed by atoms with Crippen LogP contribution < -0.4 is 5.32 Å². The van der Waals surface area contributed by atoms with Gasteiger partial charge in [0.15, 0.2) is 5.58 Å². The molecule has 0 atom stereocenters. The minimum atomic E-state index is -0.135. The molecule has 36 heavy (non-hydrogen) atoms. The average molecular weight is 549 g/mol. The van der Waals surface area contributed by atoms with Gasteiger partial charge in [0.1, 0.15) is 0 Å². The minimum absolute atomic E-state index is 0.00815. The first-order valence-corrected chi connectivity index (χ1v) is 12.8. The van der Waals surface area contributed by atoms with Crippen LogP contribution in [0.2, 0.25) is 0 Å². The molecule has 0 saturated carbocycles. The van der Waals surface area contributed by atoms with Crippen LogP contribution in [0.4, 0.5) is 5.69 Å². The monoisotopic (exact) mass is 548 g/mol. The minimum Gasteiger partial charge on any atom is -0.462 e. The van der Waals surface area contributed by atoms with Crippen molar-refractivity contribution in [3.05, 3.63) is 70.0 Å². The quantitative estimate of drug-likeness (QED) is 0.411. The summed E-state index contributed by atoms with van der Waals surface area (Å²) >= 11 is 3.49. The Hall–Kier alpha value is -3.27. The van der Waals surface area contributed by atoms with E-state index in [0.29, 0.717) is 62.6 Å². The lowest BCUT2D eigenvalue weighted by atomic mass is 9.94. The number of hydrogen-bond donors (Lipinski definition) is 1. The molecular formula is C27H25BrN4O4. The average Bonchev–Trinajstić information content (AvgIpc) is 3.36. The van der Waals surface area contributed by atoms with Crippen molar-refractivity contribution in [2.24, 2.45) is 0 Å². The second-order valence-corrected chi connectivity index (χ2v) is 10.1. The van der Waals surface area contributed by atoms with Gasteiger partial charge in [-0.25, -0.2) is 0 Å². The molecule has 4 heterocycles. The standard InChI is InChI=1S/C27H25BrN4O4/c28-18-13-17-6-10-36-26(17)23(14-18)30-24(33)16-31-7-5-22-20(15-31)25(19-3-1-2-4-21(19)29-22)27(34)32-8-11-35-12-9-32/h1-4,6,10,13-14H,5,7-9,11-12,15-16H2,(H,30,33). The van der Waals surface area contributed by atoms with Crippen molar-refractivity contribution in [3.63, 3.8) is 0 Å². The van der Waals surface area contributed by atoms with E-state index in [0.717, 1.165) is 32.0 Å². The fourth-order valence-corrected chi connectivity index (χ4v) is 5.56. The van der Waals surface area contributed by atoms with Crippen molar-refractivity contribution in [1.29, 1.82) is 0 Å². The zero-order chi connectivity index (χ0) is 24.6. The largest absolute Gasteiger partial charge is 0.462 e. The Bertz CT molecular complexity index is 1480. The topological polar surface area (TPSA) is 87.9 Å². The highest BCUT2D eigenvalue weighted by Gasteiger charge is 2.29. The highest BCUT2D eigenvalue weighted by Crippen LogP contribution is 2.31. The molecule has 8 nitrogen and oxygen atoms in total. The summed E-state index contributed by atoms with van der Waals surface area (Å²) in [4.78, 5) is 35.6. The Balaban J connectivity index is 1.27. The van der Waals surface area contributed by atoms with Crippen molar-refractivity contribution in [3.8, 4) is 0 Å². The molecule has 0 aliphatic carbocycles. The highest BCUT2D eigenvalue weighted by molar-refractivity contribution is 9.10. The fourth-order valence-electron chi connectivity index (χ4n) is 5.08. The smallest absolute Gasteiger partial charge is 0.255 e. The van der Waals surface area contributed by atoms with Crippen LogP contribution in [-0.4, -0.2) is 66.0 Å². The van der Waals surface area contributed by atoms with Gasteiger partial charge in [0.2, 0.25) is 5.91 Å². The van der Waals surface area contributed by atoms with Crippen LogP contribution in [0.5, 0.6) is 0 Å². The Morgan fingerprint density at radius 1 is 1.08 bits per heavy atom. The Labute approximate surface area is 216 Å². The lowest BCUT2D eigenvalue weighted by molar-refractivity contribution is -0.117. The van der Waals surface area contributed by atoms with Gasteiger partial charge in [-0.05, 0) is 24.3 Å². The zero-order valence-corrected chi connectivity index (χ0v) is 21.2. The number of rotatable bonds is 4. The number of para-hydroxylation sites is 1. The number of carbonyl (C=O) groups is 2. The number of amides is 2. The summed E-state index contributed by atoms with van der Waals surface area (Å²) in [5, 5.41) is 4.76. The lowest BCUT2D eigenvalue weighted by Gasteiger charge is -2.32. The first-order chi connectivity index (χ1) is 17.6. The lowest BCUT2D eigenvalue weighted by Crippen LogP contribution is -2.42. The van der Waals surface area contributed by atoms with Crippen LogP contribution >= 0.6 is 15.9 Å². The molecular weight excluding hydrogens is 524 g/mol. The Kier molecular flexibility index (Phi) is 6.20. The van der Waals surface area contributed by atoms with E-state index in [-0.39, 0.29) is 18.4 Å². The molecule has 2 aromatic heterocycles. The molecule has 0 bridgehead atoms. The van der Waals surface area contributed by atoms with Gasteiger partial charge in [-0.15, -0.1) is 0 Å². The van der Waals surface area contributed by atoms with E-state index in [1.54, 1.807) is 6.26 Å². The van der Waals surface area contributed by atoms with Gasteiger partial charge >= 0.3 is 0 Å². The number of morpholine rings is 1. The summed E-state index contributed by atoms with van der Waals surface area (Å²) in [6.45, 7) is 3.61. The predicted octanol–water partition coefficient (Wildman–Crippen LogP) is 4.21. The first-order valence-electron chi connectivity index (χ1n) is 12.0. The van der Waals surface area contributed by atoms with Crippen molar-refractivity contribution in [2.45, 2.75) is 13.0 Å². The van der Waals surface area contributed by atoms with Gasteiger partial charge in [0.05, 0.1) is 42.8 Å². The molecule has 2 aromatic carbocycles. The van der Waals surface area contributed by atoms with E-state index in [2.05, 4.69) is 26.1 Å². The van der Waals surface area contributed by atoms with Crippen LogP contribution in [0.15, 0.2) is 57.6 Å². The van der Waals surface area contributed by atoms with E-state index in [1.165, 1.54) is 0 Å². The highest BCUT2D eigenvalue weighted by atomic mass is 79.9. The summed E-state index contributed by atoms with van der Waals surface area (Å²) in [6, 6.07) is 13.4. The normalized spacial score (nSPS) is 16.3. The number of benzene rings is 2. The molecule has 2 amide bonds. The first kappa shape index (κ1) is 23.1. The van der Waals surface area contributed by atoms with Gasteiger partial charge in [0, 0.05) is 59.1 Å². The van der Waals surface area contributed by atoms with Crippen LogP contribution in [-0.2, 0) is 22.5 Å². The summed E-state index contributed by atoms with van der Waals surface area (Å²) in [7, 11) is 0. The number of ether oxygens (including phenoxy) is 1. The third kappa shape index (κ3) is 4.38. The molecule has 0 unspecified atom stereocenters. The zero-order valence-electron chi connectivity index (χ0n) is 19.6. The summed E-state index contributed by atoms with van der Waals surface area (Å²) < 4.78 is 11.9. The predicted molar refractivity (Wildman–Crippen MR) is 140 cm³/mol. The number of pyridine rings is 1. The van der Waals surface area contributed by atoms with Gasteiger partial charge < -0.3 is 19.4 Å². The Morgan fingerprint density at radius 3 is 2.78 bits per heavy atom. The fraction of sp³-hybridized carbons (Fsp3) is 0.296. The van der Waals surface area contributed by atoms with Crippen molar-refractivity contribution in [2.75, 3.05) is 44.7 Å². The molecule has 1 fully saturated rings. The third-order valence-electron chi connectivity index (χ3n) is 6.79. The number of nitrogens with one attached hydrogen (secondary N) is 1. The molecule has 4 aromatic rings. The van der Waals surface area contributed by atoms with Crippen LogP contribution in [0, 0.1) is 0 Å². The SMILES string of the molecule is O=C(CN1CCc2nc3ccccc3c(C(=O)N3CCOCC3)c2C1)Nc1cc(Br)cc2ccoc12. The number of aromatic nitrogens is 1. The molecule has 1 saturated heterocycles. The number of nitrogens with zero attached hydrogens (tertiary/aromatic N) is 3. The van der Waals surface area contributed by atoms with Gasteiger partial charge in [0.25, 0.3) is 5.91 Å². The van der Waals surface area contributed by atoms with Crippen molar-refractivity contribution < 1.29 is 18.7 Å². The molecule has 0 spiro atoms. The number of fused-ring (bicyclic) bond motifs is 3. The number of hydrogen-bond acceptors (Lipinski definition) is 6. The van der Waals surface area contributed by atoms with Gasteiger partial charge in [-0.2, -0.15) is 0 Å². The van der Waals surface area contributed by atoms with E-state index < -0.39 is 0 Å². The third-order valence-corrected chi connectivity index (χ3v) is 7.25. The molecule has 184 valence electrons. The maximum absolute atomic E-state index is 13.7. The number of furan rings is 1. The second-order valence-electron chi connectivity index (χ2n) is 9.13. The second kappa shape index (κ2) is 9.65. The Morgan fingerprint density at radius 2 is 1.92 bits per heavy atom. The summed E-state index contributed by atoms with van der Waals surface area (Å²) in [5.74, 6) is -0.127. The number of halogens is 1. The number of anilines is 1. The van der Waals surface area contributed by atoms with E-state index >= 15 is 0 Å². The van der Waals surface area contributed by atoms with Gasteiger partial charge in [-0.3, -0.25) is 19.5 Å². The molecule has 1 N–H and O–H groups in total. The van der Waals surface area contributed by atoms with E-state index in [1.807, 2.05) is 47.4 Å². The summed E-state index contributed by atoms with van der Waals surface area (Å²) in [5.41, 5.74) is 4.65. The molecule has 2 aliphatic heterocycles. The van der Waals surface area contributed by atoms with Crippen LogP contribution in [0.1, 0.15) is 21.6 Å². The van der Waals surface area contributed by atoms with Crippen molar-refractivity contribution in [1.82, 2.24) is 14.8 Å². The maximum atomic E-state index is 13.7. The maximum Gasteiger partial charge on any atom is 0.255 e. The van der Waals surface area contributed by atoms with E-state index in [4.69, 9.17) is 14.1 Å².